The molecular formula is C11H6F2N4O4. The summed E-state index contributed by atoms with van der Waals surface area (Å²) in [4.78, 5) is 32.0. The third kappa shape index (κ3) is 3.05. The van der Waals surface area contributed by atoms with Gasteiger partial charge in [0.1, 0.15) is 5.82 Å². The van der Waals surface area contributed by atoms with Crippen molar-refractivity contribution in [2.45, 2.75) is 0 Å². The minimum absolute atomic E-state index is 0.133. The highest BCUT2D eigenvalue weighted by Crippen LogP contribution is 2.23. The third-order valence-corrected chi connectivity index (χ3v) is 2.38. The minimum Gasteiger partial charge on any atom is -0.305 e. The molecule has 0 saturated carbocycles. The number of hydrogen-bond acceptors (Lipinski definition) is 5. The Balaban J connectivity index is 2.37. The molecule has 2 aromatic rings. The van der Waals surface area contributed by atoms with Gasteiger partial charge in [0.2, 0.25) is 5.82 Å². The minimum atomic E-state index is -1.47. The fraction of sp³-hybridized carbons (Fsp3) is 0. The number of carbonyl (C=O) groups excluding carboxylic acids is 1. The molecular weight excluding hydrogens is 290 g/mol. The third-order valence-electron chi connectivity index (χ3n) is 2.38. The van der Waals surface area contributed by atoms with Gasteiger partial charge in [0.15, 0.2) is 5.82 Å². The maximum Gasteiger partial charge on any atom is 0.308 e. The van der Waals surface area contributed by atoms with Crippen LogP contribution in [0.25, 0.3) is 0 Å². The molecule has 2 N–H and O–H groups in total. The summed E-state index contributed by atoms with van der Waals surface area (Å²) in [6.07, 6.45) is 0. The summed E-state index contributed by atoms with van der Waals surface area (Å²) in [6.45, 7) is 0. The molecule has 1 aromatic carbocycles. The van der Waals surface area contributed by atoms with Crippen molar-refractivity contribution in [3.63, 3.8) is 0 Å². The zero-order valence-electron chi connectivity index (χ0n) is 10.1. The highest BCUT2D eigenvalue weighted by atomic mass is 19.1. The second kappa shape index (κ2) is 5.45. The van der Waals surface area contributed by atoms with Crippen LogP contribution in [0.2, 0.25) is 0 Å². The number of nitro groups is 1. The molecule has 0 aliphatic carbocycles. The molecule has 108 valence electrons. The Morgan fingerprint density at radius 2 is 2.05 bits per heavy atom. The van der Waals surface area contributed by atoms with Crippen molar-refractivity contribution >= 4 is 17.4 Å². The van der Waals surface area contributed by atoms with E-state index in [0.29, 0.717) is 12.1 Å². The summed E-state index contributed by atoms with van der Waals surface area (Å²) in [7, 11) is 0. The Kier molecular flexibility index (Phi) is 3.69. The van der Waals surface area contributed by atoms with Crippen molar-refractivity contribution in [2.24, 2.45) is 0 Å². The van der Waals surface area contributed by atoms with Crippen LogP contribution in [-0.4, -0.2) is 21.0 Å². The molecule has 1 amide bonds. The van der Waals surface area contributed by atoms with Gasteiger partial charge in [-0.15, -0.1) is 0 Å². The second-order valence-corrected chi connectivity index (χ2v) is 3.80. The smallest absolute Gasteiger partial charge is 0.305 e. The van der Waals surface area contributed by atoms with Crippen LogP contribution in [0, 0.1) is 21.7 Å². The number of nitro benzene ring substituents is 1. The quantitative estimate of drug-likeness (QED) is 0.652. The number of H-pyrrole nitrogens is 1. The summed E-state index contributed by atoms with van der Waals surface area (Å²) in [5.41, 5.74) is -2.54. The van der Waals surface area contributed by atoms with E-state index in [9.17, 15) is 28.5 Å². The molecule has 0 unspecified atom stereocenters. The molecule has 0 atom stereocenters. The largest absolute Gasteiger partial charge is 0.308 e. The topological polar surface area (TPSA) is 118 Å². The normalized spacial score (nSPS) is 10.2. The maximum absolute atomic E-state index is 13.8. The zero-order chi connectivity index (χ0) is 15.6. The monoisotopic (exact) mass is 296 g/mol. The average molecular weight is 296 g/mol. The predicted octanol–water partition coefficient (Wildman–Crippen LogP) is 1.21. The predicted molar refractivity (Wildman–Crippen MR) is 65.8 cm³/mol. The number of benzene rings is 1. The molecule has 0 aliphatic rings. The van der Waals surface area contributed by atoms with E-state index < -0.39 is 39.3 Å². The number of carbonyl (C=O) groups is 1. The van der Waals surface area contributed by atoms with E-state index in [4.69, 9.17) is 0 Å². The van der Waals surface area contributed by atoms with E-state index in [-0.39, 0.29) is 5.82 Å². The van der Waals surface area contributed by atoms with E-state index in [1.807, 2.05) is 5.10 Å². The Morgan fingerprint density at radius 3 is 2.62 bits per heavy atom. The van der Waals surface area contributed by atoms with E-state index in [2.05, 4.69) is 10.4 Å². The van der Waals surface area contributed by atoms with Gasteiger partial charge >= 0.3 is 5.69 Å². The van der Waals surface area contributed by atoms with Gasteiger partial charge in [-0.3, -0.25) is 19.7 Å². The van der Waals surface area contributed by atoms with Gasteiger partial charge in [-0.2, -0.15) is 9.49 Å². The molecule has 0 spiro atoms. The number of aromatic amines is 1. The number of amides is 1. The first-order chi connectivity index (χ1) is 9.88. The number of nitrogens with zero attached hydrogens (tertiary/aromatic N) is 2. The highest BCUT2D eigenvalue weighted by Gasteiger charge is 2.24. The lowest BCUT2D eigenvalue weighted by Crippen LogP contribution is -2.17. The van der Waals surface area contributed by atoms with Crippen LogP contribution in [0.3, 0.4) is 0 Å². The molecule has 2 rings (SSSR count). The lowest BCUT2D eigenvalue weighted by atomic mass is 10.1. The summed E-state index contributed by atoms with van der Waals surface area (Å²) in [5, 5.41) is 18.1. The Bertz CT molecular complexity index is 770. The molecule has 8 nitrogen and oxygen atoms in total. The van der Waals surface area contributed by atoms with Crippen LogP contribution in [0.15, 0.2) is 29.1 Å². The summed E-state index contributed by atoms with van der Waals surface area (Å²) >= 11 is 0. The van der Waals surface area contributed by atoms with Gasteiger partial charge < -0.3 is 5.32 Å². The van der Waals surface area contributed by atoms with Crippen molar-refractivity contribution in [2.75, 3.05) is 5.32 Å². The van der Waals surface area contributed by atoms with Gasteiger partial charge in [-0.1, -0.05) is 0 Å². The number of halogens is 2. The number of aromatic nitrogens is 2. The van der Waals surface area contributed by atoms with Gasteiger partial charge in [-0.25, -0.2) is 9.49 Å². The summed E-state index contributed by atoms with van der Waals surface area (Å²) in [6, 6.07) is 3.06. The SMILES string of the molecule is O=C(Nc1ccc(=O)[nH]n1)c1cc(F)cc([N+](=O)[O-])c1F. The first-order valence-corrected chi connectivity index (χ1v) is 5.39. The van der Waals surface area contributed by atoms with Crippen molar-refractivity contribution < 1.29 is 18.5 Å². The van der Waals surface area contributed by atoms with E-state index >= 15 is 0 Å². The maximum atomic E-state index is 13.8. The van der Waals surface area contributed by atoms with Gasteiger partial charge in [0.25, 0.3) is 11.5 Å². The number of rotatable bonds is 3. The fourth-order valence-corrected chi connectivity index (χ4v) is 1.47. The molecule has 1 heterocycles. The first-order valence-electron chi connectivity index (χ1n) is 5.39. The molecule has 0 aliphatic heterocycles. The van der Waals surface area contributed by atoms with Crippen LogP contribution < -0.4 is 10.9 Å². The van der Waals surface area contributed by atoms with Gasteiger partial charge in [-0.05, 0) is 12.1 Å². The number of anilines is 1. The summed E-state index contributed by atoms with van der Waals surface area (Å²) < 4.78 is 27.0. The van der Waals surface area contributed by atoms with Crippen molar-refractivity contribution in [1.29, 1.82) is 0 Å². The lowest BCUT2D eigenvalue weighted by molar-refractivity contribution is -0.387. The van der Waals surface area contributed by atoms with Crippen LogP contribution >= 0.6 is 0 Å². The lowest BCUT2D eigenvalue weighted by Gasteiger charge is -2.05. The van der Waals surface area contributed by atoms with Crippen LogP contribution in [0.4, 0.5) is 20.3 Å². The van der Waals surface area contributed by atoms with E-state index in [1.54, 1.807) is 0 Å². The average Bonchev–Trinajstić information content (AvgIpc) is 2.43. The van der Waals surface area contributed by atoms with Crippen molar-refractivity contribution in [1.82, 2.24) is 10.2 Å². The standard InChI is InChI=1S/C11H6F2N4O4/c12-5-3-6(10(13)7(4-5)17(20)21)11(19)14-8-1-2-9(18)16-15-8/h1-4H,(H,16,18)(H,14,15,19). The molecule has 0 saturated heterocycles. The molecule has 21 heavy (non-hydrogen) atoms. The zero-order valence-corrected chi connectivity index (χ0v) is 10.1. The Labute approximate surface area is 114 Å². The highest BCUT2D eigenvalue weighted by molar-refractivity contribution is 6.04. The van der Waals surface area contributed by atoms with Crippen molar-refractivity contribution in [3.05, 3.63) is 61.9 Å². The van der Waals surface area contributed by atoms with E-state index in [0.717, 1.165) is 12.1 Å². The van der Waals surface area contributed by atoms with Gasteiger partial charge in [0, 0.05) is 6.07 Å². The molecule has 0 bridgehead atoms. The molecule has 0 fully saturated rings. The molecule has 0 radical (unpaired) electrons. The first kappa shape index (κ1) is 14.2. The van der Waals surface area contributed by atoms with Crippen LogP contribution in [0.5, 0.6) is 0 Å². The van der Waals surface area contributed by atoms with Crippen LogP contribution in [-0.2, 0) is 0 Å². The number of nitrogens with one attached hydrogen (secondary N) is 2. The molecule has 1 aromatic heterocycles. The summed E-state index contributed by atoms with van der Waals surface area (Å²) in [5.74, 6) is -3.88. The number of hydrogen-bond donors (Lipinski definition) is 2. The van der Waals surface area contributed by atoms with Crippen LogP contribution in [0.1, 0.15) is 10.4 Å². The van der Waals surface area contributed by atoms with E-state index in [1.165, 1.54) is 0 Å². The van der Waals surface area contributed by atoms with Crippen molar-refractivity contribution in [3.8, 4) is 0 Å². The fourth-order valence-electron chi connectivity index (χ4n) is 1.47. The molecule has 10 heteroatoms. The Hall–Kier alpha value is -3.17. The second-order valence-electron chi connectivity index (χ2n) is 3.80. The van der Waals surface area contributed by atoms with Gasteiger partial charge in [0.05, 0.1) is 16.6 Å². The Morgan fingerprint density at radius 1 is 1.33 bits per heavy atom.